The number of hydrogen-bond donors (Lipinski definition) is 5. The maximum atomic E-state index is 12.8. The molecule has 0 saturated carbocycles. The van der Waals surface area contributed by atoms with Gasteiger partial charge in [-0.1, -0.05) is 0 Å². The number of carbonyl (C=O) groups is 3. The molecule has 5 N–H and O–H groups in total. The van der Waals surface area contributed by atoms with Crippen LogP contribution in [0.3, 0.4) is 0 Å². The Kier molecular flexibility index (Phi) is 7.43. The number of carbonyl (C=O) groups excluding carboxylic acids is 1. The standard InChI is InChI=1S/C23H29N5O8/c1-14-4-5-16(35-14)13-27-20-17(3-2-8-25-20)28(22(27)26-15-6-9-24-10-7-15)36-19(31)12-23(34,21(32)33)11-18(29)30/h2-5,8,15,22,24,26,34H,6-7,9-13H2,1H3,(H,29,30)(H,32,33). The van der Waals surface area contributed by atoms with Crippen LogP contribution in [-0.4, -0.2) is 69.2 Å². The van der Waals surface area contributed by atoms with Crippen LogP contribution in [0.4, 0.5) is 11.5 Å². The predicted octanol–water partition coefficient (Wildman–Crippen LogP) is 0.574. The Bertz CT molecular complexity index is 1120. The van der Waals surface area contributed by atoms with Crippen LogP contribution in [0.15, 0.2) is 34.9 Å². The number of nitrogens with zero attached hydrogens (tertiary/aromatic N) is 3. The van der Waals surface area contributed by atoms with E-state index >= 15 is 0 Å². The molecule has 0 spiro atoms. The van der Waals surface area contributed by atoms with Crippen LogP contribution < -0.4 is 20.6 Å². The molecule has 2 aliphatic heterocycles. The monoisotopic (exact) mass is 503 g/mol. The van der Waals surface area contributed by atoms with Gasteiger partial charge in [-0.25, -0.2) is 14.6 Å². The number of furan rings is 1. The van der Waals surface area contributed by atoms with Crippen LogP contribution in [0.25, 0.3) is 0 Å². The summed E-state index contributed by atoms with van der Waals surface area (Å²) < 4.78 is 5.76. The lowest BCUT2D eigenvalue weighted by molar-refractivity contribution is -0.172. The molecule has 0 aromatic carbocycles. The van der Waals surface area contributed by atoms with Gasteiger partial charge in [-0.3, -0.25) is 10.1 Å². The number of aliphatic hydroxyl groups is 1. The molecule has 2 unspecified atom stereocenters. The summed E-state index contributed by atoms with van der Waals surface area (Å²) in [6.07, 6.45) is 0.321. The van der Waals surface area contributed by atoms with Crippen molar-refractivity contribution in [2.24, 2.45) is 0 Å². The topological polar surface area (TPSA) is 178 Å². The van der Waals surface area contributed by atoms with Gasteiger partial charge in [0, 0.05) is 12.2 Å². The number of carboxylic acids is 2. The Morgan fingerprint density at radius 1 is 1.22 bits per heavy atom. The highest BCUT2D eigenvalue weighted by atomic mass is 16.7. The number of aromatic nitrogens is 1. The summed E-state index contributed by atoms with van der Waals surface area (Å²) in [6.45, 7) is 3.76. The Labute approximate surface area is 206 Å². The van der Waals surface area contributed by atoms with Crippen molar-refractivity contribution < 1.29 is 39.0 Å². The number of aryl methyl sites for hydroxylation is 1. The lowest BCUT2D eigenvalue weighted by Crippen LogP contribution is -2.58. The summed E-state index contributed by atoms with van der Waals surface area (Å²) >= 11 is 0. The lowest BCUT2D eigenvalue weighted by Gasteiger charge is -2.35. The highest BCUT2D eigenvalue weighted by Crippen LogP contribution is 2.39. The van der Waals surface area contributed by atoms with Gasteiger partial charge < -0.3 is 34.8 Å². The second-order valence-electron chi connectivity index (χ2n) is 8.92. The first-order chi connectivity index (χ1) is 17.2. The molecule has 0 aliphatic carbocycles. The van der Waals surface area contributed by atoms with E-state index in [1.807, 2.05) is 24.0 Å². The fourth-order valence-electron chi connectivity index (χ4n) is 4.36. The van der Waals surface area contributed by atoms with E-state index in [9.17, 15) is 24.6 Å². The molecule has 13 nitrogen and oxygen atoms in total. The predicted molar refractivity (Wildman–Crippen MR) is 125 cm³/mol. The molecule has 194 valence electrons. The normalized spacial score (nSPS) is 19.6. The zero-order chi connectivity index (χ0) is 25.9. The highest BCUT2D eigenvalue weighted by molar-refractivity contribution is 5.89. The summed E-state index contributed by atoms with van der Waals surface area (Å²) in [7, 11) is 0. The largest absolute Gasteiger partial charge is 0.481 e. The Morgan fingerprint density at radius 2 is 1.97 bits per heavy atom. The van der Waals surface area contributed by atoms with Crippen LogP contribution in [0.1, 0.15) is 37.2 Å². The first-order valence-corrected chi connectivity index (χ1v) is 11.6. The van der Waals surface area contributed by atoms with E-state index < -0.39 is 42.6 Å². The number of hydroxylamine groups is 1. The molecule has 1 saturated heterocycles. The molecular weight excluding hydrogens is 474 g/mol. The minimum Gasteiger partial charge on any atom is -0.481 e. The third kappa shape index (κ3) is 5.58. The van der Waals surface area contributed by atoms with Crippen LogP contribution in [0.5, 0.6) is 0 Å². The molecule has 1 fully saturated rings. The van der Waals surface area contributed by atoms with E-state index in [-0.39, 0.29) is 6.04 Å². The van der Waals surface area contributed by atoms with E-state index in [4.69, 9.17) is 14.4 Å². The smallest absolute Gasteiger partial charge is 0.336 e. The van der Waals surface area contributed by atoms with Crippen molar-refractivity contribution in [3.8, 4) is 0 Å². The number of rotatable bonds is 10. The number of piperidine rings is 1. The minimum atomic E-state index is -2.82. The molecule has 2 atom stereocenters. The average molecular weight is 504 g/mol. The fraction of sp³-hybridized carbons (Fsp3) is 0.478. The second-order valence-corrected chi connectivity index (χ2v) is 8.92. The van der Waals surface area contributed by atoms with Crippen molar-refractivity contribution in [1.29, 1.82) is 0 Å². The number of fused-ring (bicyclic) bond motifs is 1. The lowest BCUT2D eigenvalue weighted by atomic mass is 9.96. The van der Waals surface area contributed by atoms with E-state index in [0.29, 0.717) is 23.8 Å². The van der Waals surface area contributed by atoms with Crippen molar-refractivity contribution in [2.45, 2.75) is 57.1 Å². The van der Waals surface area contributed by atoms with Crippen molar-refractivity contribution in [1.82, 2.24) is 15.6 Å². The molecule has 13 heteroatoms. The first kappa shape index (κ1) is 25.4. The van der Waals surface area contributed by atoms with Gasteiger partial charge in [0.2, 0.25) is 0 Å². The van der Waals surface area contributed by atoms with E-state index in [1.54, 1.807) is 18.3 Å². The van der Waals surface area contributed by atoms with Gasteiger partial charge in [0.1, 0.15) is 17.2 Å². The molecule has 0 amide bonds. The van der Waals surface area contributed by atoms with E-state index in [0.717, 1.165) is 31.7 Å². The highest BCUT2D eigenvalue weighted by Gasteiger charge is 2.45. The second kappa shape index (κ2) is 10.5. The number of nitrogens with one attached hydrogen (secondary N) is 2. The fourth-order valence-corrected chi connectivity index (χ4v) is 4.36. The molecule has 4 heterocycles. The van der Waals surface area contributed by atoms with Crippen molar-refractivity contribution in [3.63, 3.8) is 0 Å². The summed E-state index contributed by atoms with van der Waals surface area (Å²) in [4.78, 5) is 47.4. The molecule has 0 radical (unpaired) electrons. The Balaban J connectivity index is 1.62. The van der Waals surface area contributed by atoms with E-state index in [1.165, 1.54) is 5.06 Å². The SMILES string of the molecule is Cc1ccc(CN2c3ncccc3N(OC(=O)CC(O)(CC(=O)O)C(=O)O)C2NC2CCNCC2)o1. The van der Waals surface area contributed by atoms with Crippen molar-refractivity contribution in [3.05, 3.63) is 42.0 Å². The van der Waals surface area contributed by atoms with Gasteiger partial charge in [-0.2, -0.15) is 5.06 Å². The van der Waals surface area contributed by atoms with Gasteiger partial charge in [0.25, 0.3) is 0 Å². The molecule has 4 rings (SSSR count). The van der Waals surface area contributed by atoms with Crippen LogP contribution in [-0.2, 0) is 25.8 Å². The maximum Gasteiger partial charge on any atom is 0.336 e. The Hall–Kier alpha value is -3.68. The minimum absolute atomic E-state index is 0.0792. The number of pyridine rings is 1. The summed E-state index contributed by atoms with van der Waals surface area (Å²) in [5.74, 6) is -2.59. The van der Waals surface area contributed by atoms with Gasteiger partial charge in [-0.05, 0) is 57.1 Å². The molecule has 2 aliphatic rings. The first-order valence-electron chi connectivity index (χ1n) is 11.6. The number of hydrogen-bond acceptors (Lipinski definition) is 11. The zero-order valence-corrected chi connectivity index (χ0v) is 19.7. The number of carboxylic acid groups (broad SMARTS) is 2. The molecular formula is C23H29N5O8. The van der Waals surface area contributed by atoms with Gasteiger partial charge >= 0.3 is 17.9 Å². The van der Waals surface area contributed by atoms with E-state index in [2.05, 4.69) is 15.6 Å². The zero-order valence-electron chi connectivity index (χ0n) is 19.7. The van der Waals surface area contributed by atoms with Crippen LogP contribution in [0, 0.1) is 6.92 Å². The third-order valence-electron chi connectivity index (χ3n) is 6.12. The van der Waals surface area contributed by atoms with Crippen molar-refractivity contribution >= 4 is 29.4 Å². The van der Waals surface area contributed by atoms with Crippen LogP contribution >= 0.6 is 0 Å². The molecule has 0 bridgehead atoms. The number of aliphatic carboxylic acids is 2. The van der Waals surface area contributed by atoms with Gasteiger partial charge in [0.15, 0.2) is 17.7 Å². The molecule has 2 aromatic heterocycles. The Morgan fingerprint density at radius 3 is 2.61 bits per heavy atom. The summed E-state index contributed by atoms with van der Waals surface area (Å²) in [6, 6.07) is 7.12. The third-order valence-corrected chi connectivity index (χ3v) is 6.12. The molecule has 2 aromatic rings. The van der Waals surface area contributed by atoms with Crippen molar-refractivity contribution in [2.75, 3.05) is 23.1 Å². The van der Waals surface area contributed by atoms with Gasteiger partial charge in [-0.15, -0.1) is 0 Å². The summed E-state index contributed by atoms with van der Waals surface area (Å²) in [5, 5.41) is 36.7. The summed E-state index contributed by atoms with van der Waals surface area (Å²) in [5.41, 5.74) is -2.37. The van der Waals surface area contributed by atoms with Crippen LogP contribution in [0.2, 0.25) is 0 Å². The quantitative estimate of drug-likeness (QED) is 0.304. The average Bonchev–Trinajstić information content (AvgIpc) is 3.35. The molecule has 36 heavy (non-hydrogen) atoms. The number of anilines is 2. The maximum absolute atomic E-state index is 12.8. The van der Waals surface area contributed by atoms with Gasteiger partial charge in [0.05, 0.1) is 19.4 Å².